The van der Waals surface area contributed by atoms with Crippen LogP contribution in [-0.4, -0.2) is 22.8 Å². The van der Waals surface area contributed by atoms with E-state index in [1.165, 1.54) is 6.42 Å². The molecule has 0 spiro atoms. The summed E-state index contributed by atoms with van der Waals surface area (Å²) in [5.74, 6) is -0.240. The molecular weight excluding hydrogens is 406 g/mol. The fourth-order valence-corrected chi connectivity index (χ4v) is 4.86. The molecule has 2 aromatic heterocycles. The van der Waals surface area contributed by atoms with E-state index in [9.17, 15) is 9.59 Å². The standard InChI is InChI=1S/C25H27N3O2S/c29-23(18-22-12-7-17-31-22)28(21-10-5-2-6-11-21)24(19-13-15-26-16-14-19)25(30)27-20-8-3-1-4-9-20/h2,5-7,10-17,20,24H,1,3-4,8-9,18H2,(H,27,30)/t24-/m1/s1. The number of thiophene rings is 1. The summed E-state index contributed by atoms with van der Waals surface area (Å²) in [5, 5.41) is 5.19. The zero-order valence-electron chi connectivity index (χ0n) is 17.4. The van der Waals surface area contributed by atoms with Gasteiger partial charge in [-0.15, -0.1) is 11.3 Å². The molecule has 1 aliphatic carbocycles. The summed E-state index contributed by atoms with van der Waals surface area (Å²) in [7, 11) is 0. The van der Waals surface area contributed by atoms with Crippen LogP contribution in [0.25, 0.3) is 0 Å². The van der Waals surface area contributed by atoms with Crippen molar-refractivity contribution >= 4 is 28.8 Å². The van der Waals surface area contributed by atoms with Crippen LogP contribution >= 0.6 is 11.3 Å². The lowest BCUT2D eigenvalue weighted by atomic mass is 9.94. The molecule has 1 fully saturated rings. The van der Waals surface area contributed by atoms with Gasteiger partial charge in [-0.2, -0.15) is 0 Å². The lowest BCUT2D eigenvalue weighted by Crippen LogP contribution is -2.47. The first-order valence-electron chi connectivity index (χ1n) is 10.8. The Labute approximate surface area is 187 Å². The van der Waals surface area contributed by atoms with E-state index in [4.69, 9.17) is 0 Å². The molecule has 2 amide bonds. The summed E-state index contributed by atoms with van der Waals surface area (Å²) in [6.45, 7) is 0. The molecule has 6 heteroatoms. The van der Waals surface area contributed by atoms with Crippen molar-refractivity contribution in [1.82, 2.24) is 10.3 Å². The number of carbonyl (C=O) groups excluding carboxylic acids is 2. The predicted molar refractivity (Wildman–Crippen MR) is 124 cm³/mol. The van der Waals surface area contributed by atoms with Crippen molar-refractivity contribution in [2.75, 3.05) is 4.90 Å². The third-order valence-electron chi connectivity index (χ3n) is 5.69. The maximum Gasteiger partial charge on any atom is 0.248 e. The fraction of sp³-hybridized carbons (Fsp3) is 0.320. The van der Waals surface area contributed by atoms with E-state index in [0.29, 0.717) is 5.69 Å². The lowest BCUT2D eigenvalue weighted by Gasteiger charge is -2.33. The number of carbonyl (C=O) groups is 2. The van der Waals surface area contributed by atoms with E-state index in [2.05, 4.69) is 10.3 Å². The van der Waals surface area contributed by atoms with Gasteiger partial charge in [0.1, 0.15) is 6.04 Å². The van der Waals surface area contributed by atoms with Gasteiger partial charge in [0, 0.05) is 29.0 Å². The summed E-state index contributed by atoms with van der Waals surface area (Å²) in [5.41, 5.74) is 1.47. The highest BCUT2D eigenvalue weighted by Gasteiger charge is 2.34. The summed E-state index contributed by atoms with van der Waals surface area (Å²) in [4.78, 5) is 33.9. The highest BCUT2D eigenvalue weighted by molar-refractivity contribution is 7.10. The number of para-hydroxylation sites is 1. The van der Waals surface area contributed by atoms with Gasteiger partial charge in [-0.1, -0.05) is 43.5 Å². The summed E-state index contributed by atoms with van der Waals surface area (Å²) in [6.07, 6.45) is 9.05. The van der Waals surface area contributed by atoms with Gasteiger partial charge in [-0.3, -0.25) is 19.5 Å². The summed E-state index contributed by atoms with van der Waals surface area (Å²) < 4.78 is 0. The van der Waals surface area contributed by atoms with Crippen LogP contribution in [0, 0.1) is 0 Å². The van der Waals surface area contributed by atoms with E-state index in [1.807, 2.05) is 60.0 Å². The third-order valence-corrected chi connectivity index (χ3v) is 6.56. The van der Waals surface area contributed by atoms with E-state index >= 15 is 0 Å². The molecular formula is C25H27N3O2S. The van der Waals surface area contributed by atoms with Gasteiger partial charge in [-0.05, 0) is 54.1 Å². The van der Waals surface area contributed by atoms with Crippen molar-refractivity contribution in [2.24, 2.45) is 0 Å². The van der Waals surface area contributed by atoms with Crippen molar-refractivity contribution in [3.63, 3.8) is 0 Å². The second-order valence-electron chi connectivity index (χ2n) is 7.88. The number of aromatic nitrogens is 1. The van der Waals surface area contributed by atoms with Crippen LogP contribution in [0.3, 0.4) is 0 Å². The molecule has 1 aromatic carbocycles. The molecule has 0 saturated heterocycles. The lowest BCUT2D eigenvalue weighted by molar-refractivity contribution is -0.127. The molecule has 0 unspecified atom stereocenters. The predicted octanol–water partition coefficient (Wildman–Crippen LogP) is 4.91. The van der Waals surface area contributed by atoms with Crippen molar-refractivity contribution in [3.05, 3.63) is 82.8 Å². The Morgan fingerprint density at radius 1 is 1.00 bits per heavy atom. The quantitative estimate of drug-likeness (QED) is 0.576. The minimum absolute atomic E-state index is 0.103. The van der Waals surface area contributed by atoms with Crippen LogP contribution < -0.4 is 10.2 Å². The molecule has 2 heterocycles. The second-order valence-corrected chi connectivity index (χ2v) is 8.91. The van der Waals surface area contributed by atoms with Crippen molar-refractivity contribution in [2.45, 2.75) is 50.6 Å². The minimum Gasteiger partial charge on any atom is -0.351 e. The van der Waals surface area contributed by atoms with Crippen LogP contribution in [0.2, 0.25) is 0 Å². The maximum absolute atomic E-state index is 13.6. The molecule has 5 nitrogen and oxygen atoms in total. The van der Waals surface area contributed by atoms with E-state index in [1.54, 1.807) is 28.6 Å². The molecule has 4 rings (SSSR count). The van der Waals surface area contributed by atoms with Crippen LogP contribution in [0.15, 0.2) is 72.4 Å². The van der Waals surface area contributed by atoms with Crippen LogP contribution in [-0.2, 0) is 16.0 Å². The topological polar surface area (TPSA) is 62.3 Å². The number of pyridine rings is 1. The molecule has 1 aliphatic rings. The number of benzene rings is 1. The third kappa shape index (κ3) is 5.39. The summed E-state index contributed by atoms with van der Waals surface area (Å²) in [6, 6.07) is 16.4. The van der Waals surface area contributed by atoms with Gasteiger partial charge in [0.2, 0.25) is 11.8 Å². The number of nitrogens with zero attached hydrogens (tertiary/aromatic N) is 2. The SMILES string of the molecule is O=C(NC1CCCCC1)[C@@H](c1ccncc1)N(C(=O)Cc1cccs1)c1ccccc1. The van der Waals surface area contributed by atoms with Gasteiger partial charge in [0.15, 0.2) is 0 Å². The Hall–Kier alpha value is -2.99. The molecule has 1 N–H and O–H groups in total. The van der Waals surface area contributed by atoms with Crippen LogP contribution in [0.4, 0.5) is 5.69 Å². The number of nitrogens with one attached hydrogen (secondary N) is 1. The normalized spacial score (nSPS) is 15.2. The Morgan fingerprint density at radius 2 is 1.74 bits per heavy atom. The molecule has 0 radical (unpaired) electrons. The number of hydrogen-bond acceptors (Lipinski definition) is 4. The van der Waals surface area contributed by atoms with E-state index in [0.717, 1.165) is 36.1 Å². The second kappa shape index (κ2) is 10.4. The number of amides is 2. The van der Waals surface area contributed by atoms with Gasteiger partial charge in [0.25, 0.3) is 0 Å². The average molecular weight is 434 g/mol. The monoisotopic (exact) mass is 433 g/mol. The Morgan fingerprint density at radius 3 is 2.42 bits per heavy atom. The Kier molecular flexibility index (Phi) is 7.10. The molecule has 1 atom stereocenters. The van der Waals surface area contributed by atoms with Crippen LogP contribution in [0.1, 0.15) is 48.6 Å². The highest BCUT2D eigenvalue weighted by atomic mass is 32.1. The van der Waals surface area contributed by atoms with E-state index in [-0.39, 0.29) is 24.3 Å². The molecule has 1 saturated carbocycles. The number of rotatable bonds is 7. The first kappa shape index (κ1) is 21.2. The highest BCUT2D eigenvalue weighted by Crippen LogP contribution is 2.30. The largest absolute Gasteiger partial charge is 0.351 e. The minimum atomic E-state index is -0.750. The van der Waals surface area contributed by atoms with Crippen LogP contribution in [0.5, 0.6) is 0 Å². The zero-order valence-corrected chi connectivity index (χ0v) is 18.3. The summed E-state index contributed by atoms with van der Waals surface area (Å²) >= 11 is 1.55. The molecule has 0 aliphatic heterocycles. The fourth-order valence-electron chi connectivity index (χ4n) is 4.16. The Bertz CT molecular complexity index is 971. The molecule has 0 bridgehead atoms. The maximum atomic E-state index is 13.6. The number of hydrogen-bond donors (Lipinski definition) is 1. The van der Waals surface area contributed by atoms with Crippen molar-refractivity contribution in [1.29, 1.82) is 0 Å². The van der Waals surface area contributed by atoms with Gasteiger partial charge >= 0.3 is 0 Å². The van der Waals surface area contributed by atoms with Gasteiger partial charge < -0.3 is 5.32 Å². The smallest absolute Gasteiger partial charge is 0.248 e. The molecule has 31 heavy (non-hydrogen) atoms. The Balaban J connectivity index is 1.70. The van der Waals surface area contributed by atoms with Crippen molar-refractivity contribution in [3.8, 4) is 0 Å². The van der Waals surface area contributed by atoms with Gasteiger partial charge in [0.05, 0.1) is 6.42 Å². The average Bonchev–Trinajstić information content (AvgIpc) is 3.32. The number of anilines is 1. The molecule has 3 aromatic rings. The van der Waals surface area contributed by atoms with Crippen molar-refractivity contribution < 1.29 is 9.59 Å². The first-order valence-corrected chi connectivity index (χ1v) is 11.7. The first-order chi connectivity index (χ1) is 15.2. The van der Waals surface area contributed by atoms with Gasteiger partial charge in [-0.25, -0.2) is 0 Å². The zero-order chi connectivity index (χ0) is 21.5. The molecule has 160 valence electrons. The van der Waals surface area contributed by atoms with E-state index < -0.39 is 6.04 Å².